The minimum absolute atomic E-state index is 0.00571. The molecule has 2 amide bonds. The Kier molecular flexibility index (Phi) is 5.50. The molecule has 3 aliphatic rings. The number of carbonyl (C=O) groups is 2. The van der Waals surface area contributed by atoms with Crippen LogP contribution in [0.4, 0.5) is 5.69 Å². The summed E-state index contributed by atoms with van der Waals surface area (Å²) in [4.78, 5) is 31.1. The predicted octanol–water partition coefficient (Wildman–Crippen LogP) is 2.96. The van der Waals surface area contributed by atoms with Crippen LogP contribution in [-0.2, 0) is 19.7 Å². The van der Waals surface area contributed by atoms with Crippen LogP contribution in [0.1, 0.15) is 36.4 Å². The van der Waals surface area contributed by atoms with Gasteiger partial charge in [-0.05, 0) is 36.6 Å². The molecule has 2 aromatic carbocycles. The molecule has 3 heterocycles. The molecule has 6 nitrogen and oxygen atoms in total. The molecule has 162 valence electrons. The molecule has 1 N–H and O–H groups in total. The molecule has 5 rings (SSSR count). The summed E-state index contributed by atoms with van der Waals surface area (Å²) in [6, 6.07) is 17.7. The molecule has 1 spiro atoms. The number of carbonyl (C=O) groups excluding carboxylic acids is 2. The van der Waals surface area contributed by atoms with Crippen molar-refractivity contribution in [2.24, 2.45) is 0 Å². The summed E-state index contributed by atoms with van der Waals surface area (Å²) in [5.41, 5.74) is 2.18. The van der Waals surface area contributed by atoms with E-state index >= 15 is 0 Å². The third-order valence-corrected chi connectivity index (χ3v) is 6.99. The van der Waals surface area contributed by atoms with Crippen molar-refractivity contribution in [1.82, 2.24) is 9.80 Å². The number of morpholine rings is 1. The SMILES string of the molecule is O=C(CCCN1CCOCC1)N1CC[C@]2(C(=O)Nc3ccccc32)[C@@H]1c1ccccc1. The first-order chi connectivity index (χ1) is 15.2. The van der Waals surface area contributed by atoms with E-state index in [1.165, 1.54) is 0 Å². The highest BCUT2D eigenvalue weighted by Crippen LogP contribution is 2.54. The second-order valence-corrected chi connectivity index (χ2v) is 8.68. The van der Waals surface area contributed by atoms with Crippen LogP contribution in [0.5, 0.6) is 0 Å². The number of rotatable bonds is 5. The van der Waals surface area contributed by atoms with E-state index in [4.69, 9.17) is 4.74 Å². The molecule has 0 aromatic heterocycles. The summed E-state index contributed by atoms with van der Waals surface area (Å²) in [7, 11) is 0. The molecule has 0 saturated carbocycles. The van der Waals surface area contributed by atoms with Gasteiger partial charge >= 0.3 is 0 Å². The Labute approximate surface area is 183 Å². The van der Waals surface area contributed by atoms with Crippen molar-refractivity contribution in [3.8, 4) is 0 Å². The number of nitrogens with one attached hydrogen (secondary N) is 1. The number of nitrogens with zero attached hydrogens (tertiary/aromatic N) is 2. The lowest BCUT2D eigenvalue weighted by atomic mass is 9.72. The zero-order valence-electron chi connectivity index (χ0n) is 17.8. The fraction of sp³-hybridized carbons (Fsp3) is 0.440. The van der Waals surface area contributed by atoms with Crippen molar-refractivity contribution >= 4 is 17.5 Å². The van der Waals surface area contributed by atoms with Crippen LogP contribution in [0.3, 0.4) is 0 Å². The molecule has 2 atom stereocenters. The summed E-state index contributed by atoms with van der Waals surface area (Å²) < 4.78 is 5.41. The van der Waals surface area contributed by atoms with Crippen molar-refractivity contribution in [1.29, 1.82) is 0 Å². The highest BCUT2D eigenvalue weighted by Gasteiger charge is 2.59. The van der Waals surface area contributed by atoms with Gasteiger partial charge in [0, 0.05) is 31.7 Å². The maximum Gasteiger partial charge on any atom is 0.237 e. The second kappa shape index (κ2) is 8.44. The number of benzene rings is 2. The van der Waals surface area contributed by atoms with Crippen molar-refractivity contribution in [2.45, 2.75) is 30.7 Å². The summed E-state index contributed by atoms with van der Waals surface area (Å²) in [6.07, 6.45) is 1.97. The van der Waals surface area contributed by atoms with E-state index in [9.17, 15) is 9.59 Å². The normalized spacial score (nSPS) is 25.6. The molecule has 2 saturated heterocycles. The van der Waals surface area contributed by atoms with E-state index in [2.05, 4.69) is 10.2 Å². The average Bonchev–Trinajstić information content (AvgIpc) is 3.34. The van der Waals surface area contributed by atoms with Gasteiger partial charge in [-0.25, -0.2) is 0 Å². The van der Waals surface area contributed by atoms with Gasteiger partial charge in [0.15, 0.2) is 0 Å². The Balaban J connectivity index is 1.40. The Morgan fingerprint density at radius 1 is 1.03 bits per heavy atom. The van der Waals surface area contributed by atoms with E-state index < -0.39 is 5.41 Å². The quantitative estimate of drug-likeness (QED) is 0.810. The smallest absolute Gasteiger partial charge is 0.237 e. The minimum atomic E-state index is -0.724. The van der Waals surface area contributed by atoms with Crippen LogP contribution >= 0.6 is 0 Å². The van der Waals surface area contributed by atoms with Gasteiger partial charge in [0.2, 0.25) is 11.8 Å². The van der Waals surface area contributed by atoms with E-state index in [-0.39, 0.29) is 17.9 Å². The lowest BCUT2D eigenvalue weighted by molar-refractivity contribution is -0.133. The Bertz CT molecular complexity index is 957. The molecule has 31 heavy (non-hydrogen) atoms. The van der Waals surface area contributed by atoms with Crippen LogP contribution in [0, 0.1) is 0 Å². The Morgan fingerprint density at radius 3 is 2.58 bits per heavy atom. The van der Waals surface area contributed by atoms with Crippen LogP contribution in [-0.4, -0.2) is 61.0 Å². The summed E-state index contributed by atoms with van der Waals surface area (Å²) in [6.45, 7) is 4.92. The van der Waals surface area contributed by atoms with E-state index in [0.717, 1.165) is 56.1 Å². The monoisotopic (exact) mass is 419 g/mol. The molecular weight excluding hydrogens is 390 g/mol. The lowest BCUT2D eigenvalue weighted by Crippen LogP contribution is -2.43. The fourth-order valence-corrected chi connectivity index (χ4v) is 5.48. The zero-order valence-corrected chi connectivity index (χ0v) is 17.8. The molecule has 3 aliphatic heterocycles. The van der Waals surface area contributed by atoms with Gasteiger partial charge in [0.1, 0.15) is 5.41 Å². The maximum absolute atomic E-state index is 13.4. The number of likely N-dealkylation sites (tertiary alicyclic amines) is 1. The van der Waals surface area contributed by atoms with Crippen molar-refractivity contribution < 1.29 is 14.3 Å². The number of amides is 2. The van der Waals surface area contributed by atoms with Crippen LogP contribution in [0.15, 0.2) is 54.6 Å². The number of fused-ring (bicyclic) bond motifs is 2. The Hall–Kier alpha value is -2.70. The van der Waals surface area contributed by atoms with Gasteiger partial charge in [-0.3, -0.25) is 14.5 Å². The van der Waals surface area contributed by atoms with E-state index in [1.807, 2.05) is 59.5 Å². The van der Waals surface area contributed by atoms with Crippen molar-refractivity contribution in [3.05, 3.63) is 65.7 Å². The second-order valence-electron chi connectivity index (χ2n) is 8.68. The number of anilines is 1. The predicted molar refractivity (Wildman–Crippen MR) is 119 cm³/mol. The topological polar surface area (TPSA) is 61.9 Å². The summed E-state index contributed by atoms with van der Waals surface area (Å²) in [5, 5.41) is 3.08. The third kappa shape index (κ3) is 3.54. The molecule has 0 radical (unpaired) electrons. The van der Waals surface area contributed by atoms with Crippen LogP contribution in [0.2, 0.25) is 0 Å². The van der Waals surface area contributed by atoms with E-state index in [1.54, 1.807) is 0 Å². The molecular formula is C25H29N3O3. The largest absolute Gasteiger partial charge is 0.379 e. The molecule has 6 heteroatoms. The number of hydrogen-bond acceptors (Lipinski definition) is 4. The molecule has 0 bridgehead atoms. The molecule has 2 fully saturated rings. The first-order valence-corrected chi connectivity index (χ1v) is 11.3. The lowest BCUT2D eigenvalue weighted by Gasteiger charge is -2.34. The molecule has 2 aromatic rings. The van der Waals surface area contributed by atoms with Gasteiger partial charge in [0.25, 0.3) is 0 Å². The van der Waals surface area contributed by atoms with Crippen LogP contribution in [0.25, 0.3) is 0 Å². The minimum Gasteiger partial charge on any atom is -0.379 e. The van der Waals surface area contributed by atoms with Crippen molar-refractivity contribution in [2.75, 3.05) is 44.7 Å². The van der Waals surface area contributed by atoms with Gasteiger partial charge < -0.3 is 15.0 Å². The van der Waals surface area contributed by atoms with Gasteiger partial charge in [-0.15, -0.1) is 0 Å². The highest BCUT2D eigenvalue weighted by atomic mass is 16.5. The first kappa shape index (κ1) is 20.2. The Morgan fingerprint density at radius 2 is 1.77 bits per heavy atom. The molecule has 0 aliphatic carbocycles. The molecule has 0 unspecified atom stereocenters. The number of para-hydroxylation sites is 1. The van der Waals surface area contributed by atoms with Crippen LogP contribution < -0.4 is 5.32 Å². The fourth-order valence-electron chi connectivity index (χ4n) is 5.48. The summed E-state index contributed by atoms with van der Waals surface area (Å²) in [5.74, 6) is 0.141. The standard InChI is InChI=1S/C25H29N3O3/c29-22(11-6-13-27-15-17-31-18-16-27)28-14-12-25(23(28)19-7-2-1-3-8-19)20-9-4-5-10-21(20)26-24(25)30/h1-5,7-10,23H,6,11-18H2,(H,26,30)/t23-,25+/m0/s1. The number of hydrogen-bond donors (Lipinski definition) is 1. The zero-order chi connectivity index (χ0) is 21.3. The van der Waals surface area contributed by atoms with Gasteiger partial charge in [0.05, 0.1) is 19.3 Å². The number of ether oxygens (including phenoxy) is 1. The van der Waals surface area contributed by atoms with E-state index in [0.29, 0.717) is 19.4 Å². The first-order valence-electron chi connectivity index (χ1n) is 11.3. The van der Waals surface area contributed by atoms with Gasteiger partial charge in [-0.2, -0.15) is 0 Å². The summed E-state index contributed by atoms with van der Waals surface area (Å²) >= 11 is 0. The van der Waals surface area contributed by atoms with Gasteiger partial charge in [-0.1, -0.05) is 48.5 Å². The average molecular weight is 420 g/mol. The van der Waals surface area contributed by atoms with Crippen molar-refractivity contribution in [3.63, 3.8) is 0 Å². The third-order valence-electron chi connectivity index (χ3n) is 6.99. The maximum atomic E-state index is 13.4. The highest BCUT2D eigenvalue weighted by molar-refractivity contribution is 6.07.